The molecule has 19 heavy (non-hydrogen) atoms. The zero-order chi connectivity index (χ0) is 14.0. The van der Waals surface area contributed by atoms with Gasteiger partial charge in [-0.15, -0.1) is 0 Å². The number of benzene rings is 1. The highest BCUT2D eigenvalue weighted by Gasteiger charge is 2.13. The minimum absolute atomic E-state index is 0.0344. The lowest BCUT2D eigenvalue weighted by Gasteiger charge is -2.18. The first-order valence-corrected chi connectivity index (χ1v) is 6.40. The Morgan fingerprint density at radius 2 is 2.05 bits per heavy atom. The molecule has 0 aliphatic carbocycles. The molecule has 2 aromatic rings. The van der Waals surface area contributed by atoms with Crippen LogP contribution in [0.15, 0.2) is 30.6 Å². The van der Waals surface area contributed by atoms with Crippen LogP contribution in [0.1, 0.15) is 31.9 Å². The number of anilines is 1. The third-order valence-electron chi connectivity index (χ3n) is 2.93. The highest BCUT2D eigenvalue weighted by atomic mass is 19.1. The van der Waals surface area contributed by atoms with Crippen molar-refractivity contribution in [2.75, 3.05) is 5.32 Å². The molecule has 3 nitrogen and oxygen atoms in total. The molecular formula is C15H20FN3. The molecule has 0 saturated carbocycles. The predicted molar refractivity (Wildman–Crippen MR) is 75.7 cm³/mol. The van der Waals surface area contributed by atoms with E-state index in [1.807, 2.05) is 30.1 Å². The first-order chi connectivity index (χ1) is 8.86. The van der Waals surface area contributed by atoms with Crippen molar-refractivity contribution in [2.45, 2.75) is 39.8 Å². The summed E-state index contributed by atoms with van der Waals surface area (Å²) in [5.41, 5.74) is 2.44. The third kappa shape index (κ3) is 3.34. The second kappa shape index (κ2) is 5.03. The van der Waals surface area contributed by atoms with E-state index in [2.05, 4.69) is 31.2 Å². The largest absolute Gasteiger partial charge is 0.378 e. The van der Waals surface area contributed by atoms with Gasteiger partial charge in [-0.3, -0.25) is 4.68 Å². The molecule has 102 valence electrons. The molecule has 0 saturated heterocycles. The number of nitrogens with zero attached hydrogens (tertiary/aromatic N) is 2. The number of hydrogen-bond acceptors (Lipinski definition) is 2. The fourth-order valence-electron chi connectivity index (χ4n) is 1.78. The van der Waals surface area contributed by atoms with Gasteiger partial charge < -0.3 is 5.32 Å². The van der Waals surface area contributed by atoms with Crippen molar-refractivity contribution in [1.82, 2.24) is 9.78 Å². The molecule has 0 aliphatic heterocycles. The molecular weight excluding hydrogens is 241 g/mol. The summed E-state index contributed by atoms with van der Waals surface area (Å²) >= 11 is 0. The molecule has 2 rings (SSSR count). The molecule has 0 fully saturated rings. The molecule has 0 aliphatic rings. The zero-order valence-electron chi connectivity index (χ0n) is 11.9. The van der Waals surface area contributed by atoms with E-state index in [1.165, 1.54) is 6.07 Å². The van der Waals surface area contributed by atoms with Gasteiger partial charge in [0.25, 0.3) is 0 Å². The lowest BCUT2D eigenvalue weighted by atomic mass is 10.1. The predicted octanol–water partition coefficient (Wildman–Crippen LogP) is 3.70. The van der Waals surface area contributed by atoms with Gasteiger partial charge in [0.15, 0.2) is 0 Å². The highest BCUT2D eigenvalue weighted by Crippen LogP contribution is 2.17. The monoisotopic (exact) mass is 261 g/mol. The molecule has 0 unspecified atom stereocenters. The summed E-state index contributed by atoms with van der Waals surface area (Å²) in [5.74, 6) is -0.219. The van der Waals surface area contributed by atoms with Crippen LogP contribution >= 0.6 is 0 Å². The maximum absolute atomic E-state index is 13.7. The van der Waals surface area contributed by atoms with Crippen LogP contribution in [0.5, 0.6) is 0 Å². The summed E-state index contributed by atoms with van der Waals surface area (Å²) in [6.07, 6.45) is 3.80. The summed E-state index contributed by atoms with van der Waals surface area (Å²) in [4.78, 5) is 0. The Morgan fingerprint density at radius 3 is 2.63 bits per heavy atom. The Labute approximate surface area is 113 Å². The second-order valence-electron chi connectivity index (χ2n) is 5.80. The summed E-state index contributed by atoms with van der Waals surface area (Å²) in [7, 11) is 0. The SMILES string of the molecule is Cc1ccc(NCc2cnn(C(C)(C)C)c2)c(F)c1. The summed E-state index contributed by atoms with van der Waals surface area (Å²) in [6.45, 7) is 8.72. The van der Waals surface area contributed by atoms with Crippen molar-refractivity contribution < 1.29 is 4.39 Å². The van der Waals surface area contributed by atoms with Gasteiger partial charge in [-0.25, -0.2) is 4.39 Å². The molecule has 4 heteroatoms. The van der Waals surface area contributed by atoms with E-state index in [1.54, 1.807) is 6.07 Å². The zero-order valence-corrected chi connectivity index (χ0v) is 11.9. The van der Waals surface area contributed by atoms with Crippen molar-refractivity contribution in [3.63, 3.8) is 0 Å². The normalized spacial score (nSPS) is 11.6. The lowest BCUT2D eigenvalue weighted by Crippen LogP contribution is -2.21. The highest BCUT2D eigenvalue weighted by molar-refractivity contribution is 5.46. The van der Waals surface area contributed by atoms with Gasteiger partial charge in [0.2, 0.25) is 0 Å². The molecule has 1 N–H and O–H groups in total. The third-order valence-corrected chi connectivity index (χ3v) is 2.93. The number of halogens is 1. The quantitative estimate of drug-likeness (QED) is 0.913. The molecule has 1 aromatic carbocycles. The minimum atomic E-state index is -0.219. The summed E-state index contributed by atoms with van der Waals surface area (Å²) in [5, 5.41) is 7.41. The van der Waals surface area contributed by atoms with Crippen LogP contribution in [0.25, 0.3) is 0 Å². The van der Waals surface area contributed by atoms with Crippen LogP contribution in [0.4, 0.5) is 10.1 Å². The molecule has 0 amide bonds. The minimum Gasteiger partial charge on any atom is -0.378 e. The van der Waals surface area contributed by atoms with Crippen LogP contribution in [0, 0.1) is 12.7 Å². The Balaban J connectivity index is 2.04. The first kappa shape index (κ1) is 13.6. The van der Waals surface area contributed by atoms with Crippen LogP contribution in [-0.2, 0) is 12.1 Å². The lowest BCUT2D eigenvalue weighted by molar-refractivity contribution is 0.355. The van der Waals surface area contributed by atoms with E-state index >= 15 is 0 Å². The van der Waals surface area contributed by atoms with Gasteiger partial charge in [-0.1, -0.05) is 6.07 Å². The fourth-order valence-corrected chi connectivity index (χ4v) is 1.78. The van der Waals surface area contributed by atoms with Gasteiger partial charge in [0, 0.05) is 18.3 Å². The van der Waals surface area contributed by atoms with Gasteiger partial charge >= 0.3 is 0 Å². The average Bonchev–Trinajstić information content (AvgIpc) is 2.76. The van der Waals surface area contributed by atoms with E-state index < -0.39 is 0 Å². The van der Waals surface area contributed by atoms with E-state index in [0.29, 0.717) is 12.2 Å². The molecule has 0 spiro atoms. The molecule has 1 aromatic heterocycles. The van der Waals surface area contributed by atoms with Crippen molar-refractivity contribution in [3.8, 4) is 0 Å². The fraction of sp³-hybridized carbons (Fsp3) is 0.400. The summed E-state index contributed by atoms with van der Waals surface area (Å²) < 4.78 is 15.6. The molecule has 1 heterocycles. The first-order valence-electron chi connectivity index (χ1n) is 6.40. The standard InChI is InChI=1S/C15H20FN3/c1-11-5-6-14(13(16)7-11)17-8-12-9-18-19(10-12)15(2,3)4/h5-7,9-10,17H,8H2,1-4H3. The van der Waals surface area contributed by atoms with Gasteiger partial charge in [0.1, 0.15) is 5.82 Å². The van der Waals surface area contributed by atoms with Crippen molar-refractivity contribution in [3.05, 3.63) is 47.5 Å². The summed E-state index contributed by atoms with van der Waals surface area (Å²) in [6, 6.07) is 5.18. The topological polar surface area (TPSA) is 29.9 Å². The Morgan fingerprint density at radius 1 is 1.32 bits per heavy atom. The Kier molecular flexibility index (Phi) is 3.60. The number of rotatable bonds is 3. The van der Waals surface area contributed by atoms with Crippen LogP contribution in [0.2, 0.25) is 0 Å². The molecule has 0 bridgehead atoms. The van der Waals surface area contributed by atoms with Crippen LogP contribution in [0.3, 0.4) is 0 Å². The Hall–Kier alpha value is -1.84. The Bertz CT molecular complexity index is 567. The van der Waals surface area contributed by atoms with Crippen molar-refractivity contribution in [2.24, 2.45) is 0 Å². The second-order valence-corrected chi connectivity index (χ2v) is 5.80. The van der Waals surface area contributed by atoms with Crippen molar-refractivity contribution in [1.29, 1.82) is 0 Å². The van der Waals surface area contributed by atoms with Gasteiger partial charge in [-0.2, -0.15) is 5.10 Å². The van der Waals surface area contributed by atoms with E-state index in [0.717, 1.165) is 11.1 Å². The van der Waals surface area contributed by atoms with E-state index in [9.17, 15) is 4.39 Å². The molecule has 0 atom stereocenters. The smallest absolute Gasteiger partial charge is 0.146 e. The number of aryl methyl sites for hydroxylation is 1. The maximum atomic E-state index is 13.7. The number of aromatic nitrogens is 2. The van der Waals surface area contributed by atoms with E-state index in [-0.39, 0.29) is 11.4 Å². The molecule has 0 radical (unpaired) electrons. The maximum Gasteiger partial charge on any atom is 0.146 e. The average molecular weight is 261 g/mol. The number of hydrogen-bond donors (Lipinski definition) is 1. The van der Waals surface area contributed by atoms with Gasteiger partial charge in [-0.05, 0) is 45.4 Å². The van der Waals surface area contributed by atoms with Gasteiger partial charge in [0.05, 0.1) is 17.4 Å². The van der Waals surface area contributed by atoms with Crippen LogP contribution in [-0.4, -0.2) is 9.78 Å². The number of nitrogens with one attached hydrogen (secondary N) is 1. The van der Waals surface area contributed by atoms with E-state index in [4.69, 9.17) is 0 Å². The van der Waals surface area contributed by atoms with Crippen LogP contribution < -0.4 is 5.32 Å². The van der Waals surface area contributed by atoms with Crippen molar-refractivity contribution >= 4 is 5.69 Å².